The molecule has 0 spiro atoms. The molecule has 5 nitrogen and oxygen atoms in total. The molecule has 0 radical (unpaired) electrons. The van der Waals surface area contributed by atoms with Gasteiger partial charge in [-0.05, 0) is 24.1 Å². The van der Waals surface area contributed by atoms with Crippen LogP contribution in [-0.4, -0.2) is 51.9 Å². The zero-order valence-corrected chi connectivity index (χ0v) is 16.6. The van der Waals surface area contributed by atoms with E-state index in [1.807, 2.05) is 34.5 Å². The number of hydrogen-bond donors (Lipinski definition) is 0. The van der Waals surface area contributed by atoms with Gasteiger partial charge in [-0.1, -0.05) is 36.4 Å². The second-order valence-electron chi connectivity index (χ2n) is 7.00. The maximum absolute atomic E-state index is 12.6. The Morgan fingerprint density at radius 3 is 2.54 bits per heavy atom. The maximum Gasteiger partial charge on any atom is 0.223 e. The van der Waals surface area contributed by atoms with Crippen molar-refractivity contribution in [3.63, 3.8) is 0 Å². The van der Waals surface area contributed by atoms with Crippen molar-refractivity contribution in [3.05, 3.63) is 71.4 Å². The third-order valence-corrected chi connectivity index (χ3v) is 5.92. The van der Waals surface area contributed by atoms with Crippen molar-refractivity contribution in [2.75, 3.05) is 26.2 Å². The van der Waals surface area contributed by atoms with Gasteiger partial charge in [0.05, 0.1) is 11.4 Å². The predicted octanol–water partition coefficient (Wildman–Crippen LogP) is 3.48. The van der Waals surface area contributed by atoms with Crippen molar-refractivity contribution in [1.82, 2.24) is 19.8 Å². The highest BCUT2D eigenvalue weighted by molar-refractivity contribution is 7.13. The molecule has 1 aliphatic rings. The molecule has 1 fully saturated rings. The number of thiazole rings is 1. The summed E-state index contributed by atoms with van der Waals surface area (Å²) in [5.74, 6) is 0.228. The van der Waals surface area contributed by atoms with Crippen LogP contribution in [0.3, 0.4) is 0 Å². The Morgan fingerprint density at radius 2 is 1.79 bits per heavy atom. The highest BCUT2D eigenvalue weighted by atomic mass is 32.1. The second kappa shape index (κ2) is 9.08. The molecule has 3 aromatic rings. The summed E-state index contributed by atoms with van der Waals surface area (Å²) in [7, 11) is 0. The molecule has 0 atom stereocenters. The molecule has 0 unspecified atom stereocenters. The molecule has 2 aromatic heterocycles. The summed E-state index contributed by atoms with van der Waals surface area (Å²) < 4.78 is 0. The molecule has 28 heavy (non-hydrogen) atoms. The average molecular weight is 393 g/mol. The Labute approximate surface area is 169 Å². The monoisotopic (exact) mass is 392 g/mol. The fraction of sp³-hybridized carbons (Fsp3) is 0.318. The number of carbonyl (C=O) groups is 1. The van der Waals surface area contributed by atoms with Crippen LogP contribution in [-0.2, 0) is 17.8 Å². The maximum atomic E-state index is 12.6. The van der Waals surface area contributed by atoms with E-state index in [0.29, 0.717) is 12.8 Å². The molecule has 6 heteroatoms. The Kier molecular flexibility index (Phi) is 6.09. The molecule has 0 bridgehead atoms. The van der Waals surface area contributed by atoms with Crippen LogP contribution in [0.4, 0.5) is 0 Å². The van der Waals surface area contributed by atoms with Crippen LogP contribution in [0.1, 0.15) is 17.7 Å². The van der Waals surface area contributed by atoms with E-state index in [1.54, 1.807) is 17.5 Å². The number of hydrogen-bond acceptors (Lipinski definition) is 5. The van der Waals surface area contributed by atoms with Gasteiger partial charge in [0.25, 0.3) is 0 Å². The zero-order valence-electron chi connectivity index (χ0n) is 15.8. The molecule has 0 aliphatic carbocycles. The van der Waals surface area contributed by atoms with Crippen molar-refractivity contribution in [1.29, 1.82) is 0 Å². The van der Waals surface area contributed by atoms with E-state index >= 15 is 0 Å². The molecule has 4 rings (SSSR count). The highest BCUT2D eigenvalue weighted by Gasteiger charge is 2.21. The number of aryl methyl sites for hydroxylation is 1. The van der Waals surface area contributed by atoms with Crippen molar-refractivity contribution >= 4 is 17.2 Å². The van der Waals surface area contributed by atoms with Gasteiger partial charge in [0.15, 0.2) is 0 Å². The molecule has 1 saturated heterocycles. The first-order valence-electron chi connectivity index (χ1n) is 9.68. The number of pyridine rings is 1. The quantitative estimate of drug-likeness (QED) is 0.644. The third-order valence-electron chi connectivity index (χ3n) is 5.00. The molecule has 0 saturated carbocycles. The van der Waals surface area contributed by atoms with E-state index in [1.165, 1.54) is 5.56 Å². The number of nitrogens with zero attached hydrogens (tertiary/aromatic N) is 4. The Bertz CT molecular complexity index is 889. The minimum Gasteiger partial charge on any atom is -0.340 e. The van der Waals surface area contributed by atoms with Gasteiger partial charge >= 0.3 is 0 Å². The second-order valence-corrected chi connectivity index (χ2v) is 7.86. The molecule has 144 valence electrons. The summed E-state index contributed by atoms with van der Waals surface area (Å²) in [6.07, 6.45) is 2.98. The number of aromatic nitrogens is 2. The minimum absolute atomic E-state index is 0.228. The van der Waals surface area contributed by atoms with Crippen LogP contribution in [0, 0.1) is 0 Å². The van der Waals surface area contributed by atoms with Crippen molar-refractivity contribution < 1.29 is 4.79 Å². The first kappa shape index (κ1) is 18.8. The van der Waals surface area contributed by atoms with E-state index in [9.17, 15) is 4.79 Å². The first-order valence-corrected chi connectivity index (χ1v) is 10.6. The van der Waals surface area contributed by atoms with Gasteiger partial charge in [0, 0.05) is 50.7 Å². The largest absolute Gasteiger partial charge is 0.340 e. The van der Waals surface area contributed by atoms with E-state index in [0.717, 1.165) is 49.1 Å². The van der Waals surface area contributed by atoms with Crippen molar-refractivity contribution in [2.24, 2.45) is 0 Å². The SMILES string of the molecule is O=C(CCc1csc(-c2ccccn2)n1)N1CCN(Cc2ccccc2)CC1. The van der Waals surface area contributed by atoms with Crippen LogP contribution in [0.5, 0.6) is 0 Å². The van der Waals surface area contributed by atoms with Gasteiger partial charge in [0.1, 0.15) is 5.01 Å². The molecule has 1 aliphatic heterocycles. The van der Waals surface area contributed by atoms with Gasteiger partial charge in [-0.3, -0.25) is 14.7 Å². The number of piperazine rings is 1. The van der Waals surface area contributed by atoms with Gasteiger partial charge in [-0.15, -0.1) is 11.3 Å². The fourth-order valence-electron chi connectivity index (χ4n) is 3.42. The lowest BCUT2D eigenvalue weighted by Gasteiger charge is -2.34. The number of carbonyl (C=O) groups excluding carboxylic acids is 1. The van der Waals surface area contributed by atoms with Gasteiger partial charge < -0.3 is 4.90 Å². The van der Waals surface area contributed by atoms with Crippen LogP contribution in [0.15, 0.2) is 60.1 Å². The van der Waals surface area contributed by atoms with Crippen LogP contribution >= 0.6 is 11.3 Å². The van der Waals surface area contributed by atoms with Gasteiger partial charge in [0.2, 0.25) is 5.91 Å². The van der Waals surface area contributed by atoms with Crippen LogP contribution in [0.2, 0.25) is 0 Å². The van der Waals surface area contributed by atoms with E-state index < -0.39 is 0 Å². The van der Waals surface area contributed by atoms with Crippen LogP contribution in [0.25, 0.3) is 10.7 Å². The summed E-state index contributed by atoms with van der Waals surface area (Å²) in [6.45, 7) is 4.43. The molecular weight excluding hydrogens is 368 g/mol. The van der Waals surface area contributed by atoms with Gasteiger partial charge in [-0.2, -0.15) is 0 Å². The Hall–Kier alpha value is -2.57. The lowest BCUT2D eigenvalue weighted by Crippen LogP contribution is -2.48. The molecular formula is C22H24N4OS. The Morgan fingerprint density at radius 1 is 1.00 bits per heavy atom. The predicted molar refractivity (Wildman–Crippen MR) is 112 cm³/mol. The summed E-state index contributed by atoms with van der Waals surface area (Å²) >= 11 is 1.59. The summed E-state index contributed by atoms with van der Waals surface area (Å²) in [4.78, 5) is 26.0. The summed E-state index contributed by atoms with van der Waals surface area (Å²) in [5.41, 5.74) is 3.19. The highest BCUT2D eigenvalue weighted by Crippen LogP contribution is 2.22. The fourth-order valence-corrected chi connectivity index (χ4v) is 4.25. The van der Waals surface area contributed by atoms with E-state index in [2.05, 4.69) is 39.1 Å². The Balaban J connectivity index is 1.23. The zero-order chi connectivity index (χ0) is 19.2. The van der Waals surface area contributed by atoms with Crippen molar-refractivity contribution in [2.45, 2.75) is 19.4 Å². The van der Waals surface area contributed by atoms with E-state index in [4.69, 9.17) is 0 Å². The lowest BCUT2D eigenvalue weighted by atomic mass is 10.2. The number of amides is 1. The number of rotatable bonds is 6. The average Bonchev–Trinajstić information content (AvgIpc) is 3.23. The number of benzene rings is 1. The molecule has 1 aromatic carbocycles. The third kappa shape index (κ3) is 4.82. The molecule has 0 N–H and O–H groups in total. The van der Waals surface area contributed by atoms with E-state index in [-0.39, 0.29) is 5.91 Å². The lowest BCUT2D eigenvalue weighted by molar-refractivity contribution is -0.133. The normalized spacial score (nSPS) is 14.9. The smallest absolute Gasteiger partial charge is 0.223 e. The van der Waals surface area contributed by atoms with Crippen molar-refractivity contribution in [3.8, 4) is 10.7 Å². The standard InChI is InChI=1S/C22H24N4OS/c27-21(10-9-19-17-28-22(24-19)20-8-4-5-11-23-20)26-14-12-25(13-15-26)16-18-6-2-1-3-7-18/h1-8,11,17H,9-10,12-16H2. The minimum atomic E-state index is 0.228. The first-order chi connectivity index (χ1) is 13.8. The molecule has 1 amide bonds. The summed E-state index contributed by atoms with van der Waals surface area (Å²) in [6, 6.07) is 16.3. The summed E-state index contributed by atoms with van der Waals surface area (Å²) in [5, 5.41) is 2.95. The molecule has 3 heterocycles. The van der Waals surface area contributed by atoms with Gasteiger partial charge in [-0.25, -0.2) is 4.98 Å². The topological polar surface area (TPSA) is 49.3 Å². The van der Waals surface area contributed by atoms with Crippen LogP contribution < -0.4 is 0 Å².